The SMILES string of the molecule is COCC(C)NC(=O)CN1CCN(CC2CCCO2)CC1. The molecule has 2 aliphatic heterocycles. The predicted molar refractivity (Wildman–Crippen MR) is 81.3 cm³/mol. The lowest BCUT2D eigenvalue weighted by Gasteiger charge is -2.35. The van der Waals surface area contributed by atoms with E-state index in [0.717, 1.165) is 39.3 Å². The molecular formula is C15H29N3O3. The molecule has 6 nitrogen and oxygen atoms in total. The van der Waals surface area contributed by atoms with E-state index in [-0.39, 0.29) is 11.9 Å². The number of ether oxygens (including phenoxy) is 2. The van der Waals surface area contributed by atoms with Crippen molar-refractivity contribution in [2.45, 2.75) is 31.9 Å². The molecular weight excluding hydrogens is 270 g/mol. The van der Waals surface area contributed by atoms with Crippen molar-refractivity contribution < 1.29 is 14.3 Å². The molecule has 2 heterocycles. The zero-order valence-electron chi connectivity index (χ0n) is 13.3. The Morgan fingerprint density at radius 3 is 2.67 bits per heavy atom. The third kappa shape index (κ3) is 5.90. The van der Waals surface area contributed by atoms with E-state index < -0.39 is 0 Å². The number of methoxy groups -OCH3 is 1. The lowest BCUT2D eigenvalue weighted by molar-refractivity contribution is -0.123. The maximum absolute atomic E-state index is 11.9. The summed E-state index contributed by atoms with van der Waals surface area (Å²) in [6, 6.07) is 0.0725. The van der Waals surface area contributed by atoms with Crippen molar-refractivity contribution in [3.05, 3.63) is 0 Å². The first kappa shape index (κ1) is 16.7. The van der Waals surface area contributed by atoms with Crippen LogP contribution in [0.25, 0.3) is 0 Å². The first-order valence-electron chi connectivity index (χ1n) is 8.02. The number of nitrogens with zero attached hydrogens (tertiary/aromatic N) is 2. The van der Waals surface area contributed by atoms with Gasteiger partial charge in [-0.15, -0.1) is 0 Å². The number of carbonyl (C=O) groups excluding carboxylic acids is 1. The van der Waals surface area contributed by atoms with Gasteiger partial charge in [-0.1, -0.05) is 0 Å². The van der Waals surface area contributed by atoms with E-state index in [4.69, 9.17) is 9.47 Å². The maximum Gasteiger partial charge on any atom is 0.234 e. The molecule has 0 aromatic rings. The smallest absolute Gasteiger partial charge is 0.234 e. The minimum absolute atomic E-state index is 0.0725. The highest BCUT2D eigenvalue weighted by molar-refractivity contribution is 5.78. The van der Waals surface area contributed by atoms with E-state index >= 15 is 0 Å². The van der Waals surface area contributed by atoms with Crippen molar-refractivity contribution in [2.75, 3.05) is 59.6 Å². The van der Waals surface area contributed by atoms with Gasteiger partial charge < -0.3 is 14.8 Å². The van der Waals surface area contributed by atoms with E-state index in [2.05, 4.69) is 15.1 Å². The first-order valence-corrected chi connectivity index (χ1v) is 8.02. The monoisotopic (exact) mass is 299 g/mol. The fraction of sp³-hybridized carbons (Fsp3) is 0.933. The summed E-state index contributed by atoms with van der Waals surface area (Å²) in [5, 5.41) is 2.96. The molecule has 6 heteroatoms. The van der Waals surface area contributed by atoms with Crippen molar-refractivity contribution in [3.63, 3.8) is 0 Å². The van der Waals surface area contributed by atoms with Gasteiger partial charge in [0, 0.05) is 52.5 Å². The Labute approximate surface area is 127 Å². The van der Waals surface area contributed by atoms with Crippen molar-refractivity contribution in [1.82, 2.24) is 15.1 Å². The second-order valence-corrected chi connectivity index (χ2v) is 6.14. The molecule has 0 aromatic carbocycles. The molecule has 0 radical (unpaired) electrons. The summed E-state index contributed by atoms with van der Waals surface area (Å²) in [6.45, 7) is 8.94. The van der Waals surface area contributed by atoms with Crippen LogP contribution >= 0.6 is 0 Å². The van der Waals surface area contributed by atoms with E-state index in [0.29, 0.717) is 19.3 Å². The maximum atomic E-state index is 11.9. The van der Waals surface area contributed by atoms with E-state index in [1.54, 1.807) is 7.11 Å². The summed E-state index contributed by atoms with van der Waals surface area (Å²) in [5.41, 5.74) is 0. The molecule has 122 valence electrons. The summed E-state index contributed by atoms with van der Waals surface area (Å²) in [6.07, 6.45) is 2.82. The number of hydrogen-bond donors (Lipinski definition) is 1. The van der Waals surface area contributed by atoms with Gasteiger partial charge in [0.25, 0.3) is 0 Å². The Bertz CT molecular complexity index is 313. The third-order valence-corrected chi connectivity index (χ3v) is 4.14. The van der Waals surface area contributed by atoms with E-state index in [1.807, 2.05) is 6.92 Å². The average Bonchev–Trinajstić information content (AvgIpc) is 2.94. The van der Waals surface area contributed by atoms with Crippen LogP contribution < -0.4 is 5.32 Å². The number of carbonyl (C=O) groups is 1. The van der Waals surface area contributed by atoms with Crippen LogP contribution in [0.5, 0.6) is 0 Å². The fourth-order valence-corrected chi connectivity index (χ4v) is 3.02. The van der Waals surface area contributed by atoms with Gasteiger partial charge in [-0.3, -0.25) is 14.6 Å². The molecule has 2 rings (SSSR count). The second-order valence-electron chi connectivity index (χ2n) is 6.14. The third-order valence-electron chi connectivity index (χ3n) is 4.14. The van der Waals surface area contributed by atoms with Crippen LogP contribution in [-0.2, 0) is 14.3 Å². The number of amides is 1. The summed E-state index contributed by atoms with van der Waals surface area (Å²) in [4.78, 5) is 16.6. The molecule has 0 bridgehead atoms. The number of nitrogens with one attached hydrogen (secondary N) is 1. The molecule has 2 unspecified atom stereocenters. The van der Waals surface area contributed by atoms with Gasteiger partial charge in [0.1, 0.15) is 0 Å². The molecule has 21 heavy (non-hydrogen) atoms. The molecule has 1 amide bonds. The fourth-order valence-electron chi connectivity index (χ4n) is 3.02. The first-order chi connectivity index (χ1) is 10.2. The highest BCUT2D eigenvalue weighted by atomic mass is 16.5. The average molecular weight is 299 g/mol. The summed E-state index contributed by atoms with van der Waals surface area (Å²) in [7, 11) is 1.65. The van der Waals surface area contributed by atoms with Crippen molar-refractivity contribution in [2.24, 2.45) is 0 Å². The van der Waals surface area contributed by atoms with Gasteiger partial charge in [0.15, 0.2) is 0 Å². The van der Waals surface area contributed by atoms with Crippen molar-refractivity contribution in [3.8, 4) is 0 Å². The molecule has 2 saturated heterocycles. The van der Waals surface area contributed by atoms with Crippen LogP contribution in [0.2, 0.25) is 0 Å². The summed E-state index contributed by atoms with van der Waals surface area (Å²) >= 11 is 0. The van der Waals surface area contributed by atoms with Gasteiger partial charge in [-0.25, -0.2) is 0 Å². The highest BCUT2D eigenvalue weighted by Crippen LogP contribution is 2.14. The van der Waals surface area contributed by atoms with Gasteiger partial charge in [0.2, 0.25) is 5.91 Å². The quantitative estimate of drug-likeness (QED) is 0.713. The molecule has 0 aromatic heterocycles. The lowest BCUT2D eigenvalue weighted by Crippen LogP contribution is -2.51. The number of rotatable bonds is 7. The van der Waals surface area contributed by atoms with Gasteiger partial charge >= 0.3 is 0 Å². The van der Waals surface area contributed by atoms with Crippen LogP contribution in [0.1, 0.15) is 19.8 Å². The minimum Gasteiger partial charge on any atom is -0.383 e. The molecule has 2 atom stereocenters. The topological polar surface area (TPSA) is 54.0 Å². The Morgan fingerprint density at radius 2 is 2.05 bits per heavy atom. The highest BCUT2D eigenvalue weighted by Gasteiger charge is 2.23. The second kappa shape index (κ2) is 8.68. The molecule has 0 aliphatic carbocycles. The molecule has 2 aliphatic rings. The number of piperazine rings is 1. The Kier molecular flexibility index (Phi) is 6.89. The Morgan fingerprint density at radius 1 is 1.33 bits per heavy atom. The molecule has 0 saturated carbocycles. The van der Waals surface area contributed by atoms with E-state index in [9.17, 15) is 4.79 Å². The largest absolute Gasteiger partial charge is 0.383 e. The predicted octanol–water partition coefficient (Wildman–Crippen LogP) is -0.0659. The van der Waals surface area contributed by atoms with Crippen LogP contribution in [-0.4, -0.2) is 87.4 Å². The Balaban J connectivity index is 1.60. The Hall–Kier alpha value is -0.690. The molecule has 2 fully saturated rings. The van der Waals surface area contributed by atoms with Crippen LogP contribution in [0.15, 0.2) is 0 Å². The molecule has 1 N–H and O–H groups in total. The number of hydrogen-bond acceptors (Lipinski definition) is 5. The van der Waals surface area contributed by atoms with Gasteiger partial charge in [-0.05, 0) is 19.8 Å². The van der Waals surface area contributed by atoms with Crippen molar-refractivity contribution in [1.29, 1.82) is 0 Å². The van der Waals surface area contributed by atoms with Crippen LogP contribution in [0, 0.1) is 0 Å². The zero-order chi connectivity index (χ0) is 15.1. The zero-order valence-corrected chi connectivity index (χ0v) is 13.3. The normalized spacial score (nSPS) is 25.9. The van der Waals surface area contributed by atoms with Crippen molar-refractivity contribution >= 4 is 5.91 Å². The summed E-state index contributed by atoms with van der Waals surface area (Å²) < 4.78 is 10.7. The van der Waals surface area contributed by atoms with Crippen LogP contribution in [0.4, 0.5) is 0 Å². The van der Waals surface area contributed by atoms with Crippen LogP contribution in [0.3, 0.4) is 0 Å². The van der Waals surface area contributed by atoms with E-state index in [1.165, 1.54) is 12.8 Å². The molecule has 0 spiro atoms. The van der Waals surface area contributed by atoms with Gasteiger partial charge in [-0.2, -0.15) is 0 Å². The van der Waals surface area contributed by atoms with Gasteiger partial charge in [0.05, 0.1) is 19.3 Å². The lowest BCUT2D eigenvalue weighted by atomic mass is 10.2. The summed E-state index contributed by atoms with van der Waals surface area (Å²) in [5.74, 6) is 0.0899. The minimum atomic E-state index is 0.0725. The standard InChI is InChI=1S/C15H29N3O3/c1-13(12-20-2)16-15(19)11-18-7-5-17(6-8-18)10-14-4-3-9-21-14/h13-14H,3-12H2,1-2H3,(H,16,19).